The van der Waals surface area contributed by atoms with Gasteiger partial charge in [0.25, 0.3) is 0 Å². The lowest BCUT2D eigenvalue weighted by molar-refractivity contribution is -0.137. The smallest absolute Gasteiger partial charge is 0.315 e. The number of amides is 2. The van der Waals surface area contributed by atoms with Gasteiger partial charge in [-0.05, 0) is 37.7 Å². The summed E-state index contributed by atoms with van der Waals surface area (Å²) in [5.74, 6) is 1.39. The number of benzene rings is 1. The predicted octanol–water partition coefficient (Wildman–Crippen LogP) is 1.92. The third kappa shape index (κ3) is 5.55. The molecule has 2 heterocycles. The number of carboxylic acids is 1. The number of fused-ring (bicyclic) bond motifs is 1. The van der Waals surface area contributed by atoms with Gasteiger partial charge in [-0.3, -0.25) is 4.79 Å². The molecule has 150 valence electrons. The highest BCUT2D eigenvalue weighted by Crippen LogP contribution is 2.19. The lowest BCUT2D eigenvalue weighted by atomic mass is 9.99. The van der Waals surface area contributed by atoms with Crippen molar-refractivity contribution in [2.24, 2.45) is 5.92 Å². The Balaban J connectivity index is 1.50. The van der Waals surface area contributed by atoms with Crippen LogP contribution in [-0.4, -0.2) is 44.5 Å². The maximum absolute atomic E-state index is 12.4. The highest BCUT2D eigenvalue weighted by atomic mass is 16.4. The molecular weight excluding hydrogens is 358 g/mol. The molecule has 0 fully saturated rings. The molecule has 0 bridgehead atoms. The van der Waals surface area contributed by atoms with Gasteiger partial charge < -0.3 is 20.3 Å². The molecule has 0 saturated heterocycles. The van der Waals surface area contributed by atoms with E-state index in [-0.39, 0.29) is 18.5 Å². The van der Waals surface area contributed by atoms with Crippen molar-refractivity contribution >= 4 is 12.0 Å². The molecule has 0 radical (unpaired) electrons. The number of nitrogens with zero attached hydrogens (tertiary/aromatic N) is 3. The van der Waals surface area contributed by atoms with Gasteiger partial charge in [-0.15, -0.1) is 10.2 Å². The van der Waals surface area contributed by atoms with E-state index >= 15 is 0 Å². The van der Waals surface area contributed by atoms with Gasteiger partial charge in [0.2, 0.25) is 0 Å². The molecule has 1 aromatic heterocycles. The fourth-order valence-corrected chi connectivity index (χ4v) is 3.59. The third-order valence-electron chi connectivity index (χ3n) is 5.15. The van der Waals surface area contributed by atoms with Gasteiger partial charge in [-0.2, -0.15) is 0 Å². The highest BCUT2D eigenvalue weighted by molar-refractivity contribution is 5.74. The number of carbonyl (C=O) groups excluding carboxylic acids is 1. The number of rotatable bonds is 8. The first-order chi connectivity index (χ1) is 13.5. The quantitative estimate of drug-likeness (QED) is 0.643. The predicted molar refractivity (Wildman–Crippen MR) is 104 cm³/mol. The van der Waals surface area contributed by atoms with Gasteiger partial charge in [0.15, 0.2) is 0 Å². The molecule has 1 aliphatic heterocycles. The summed E-state index contributed by atoms with van der Waals surface area (Å²) in [6.07, 6.45) is 2.85. The Morgan fingerprint density at radius 1 is 1.29 bits per heavy atom. The van der Waals surface area contributed by atoms with Crippen LogP contribution >= 0.6 is 0 Å². The van der Waals surface area contributed by atoms with Gasteiger partial charge >= 0.3 is 12.0 Å². The molecule has 2 aromatic rings. The number of nitrogens with one attached hydrogen (secondary N) is 2. The van der Waals surface area contributed by atoms with Crippen LogP contribution in [-0.2, 0) is 24.2 Å². The molecular formula is C20H27N5O3. The molecule has 0 saturated carbocycles. The van der Waals surface area contributed by atoms with Crippen LogP contribution in [0.4, 0.5) is 4.79 Å². The van der Waals surface area contributed by atoms with E-state index in [9.17, 15) is 9.59 Å². The first-order valence-electron chi connectivity index (χ1n) is 9.70. The largest absolute Gasteiger partial charge is 0.481 e. The van der Waals surface area contributed by atoms with Crippen LogP contribution in [0, 0.1) is 12.8 Å². The number of carbonyl (C=O) groups is 2. The monoisotopic (exact) mass is 385 g/mol. The number of carboxylic acid groups (broad SMARTS) is 1. The van der Waals surface area contributed by atoms with Crippen LogP contribution in [0.2, 0.25) is 0 Å². The first-order valence-corrected chi connectivity index (χ1v) is 9.70. The fourth-order valence-electron chi connectivity index (χ4n) is 3.59. The molecule has 3 rings (SSSR count). The molecule has 0 spiro atoms. The topological polar surface area (TPSA) is 109 Å². The van der Waals surface area contributed by atoms with E-state index in [1.54, 1.807) is 0 Å². The number of aliphatic carboxylic acids is 1. The first kappa shape index (κ1) is 19.9. The van der Waals surface area contributed by atoms with E-state index in [1.165, 1.54) is 0 Å². The molecule has 2 amide bonds. The molecule has 28 heavy (non-hydrogen) atoms. The van der Waals surface area contributed by atoms with E-state index in [0.717, 1.165) is 36.6 Å². The minimum absolute atomic E-state index is 0.0239. The van der Waals surface area contributed by atoms with Crippen LogP contribution < -0.4 is 10.6 Å². The van der Waals surface area contributed by atoms with Crippen LogP contribution in [0.1, 0.15) is 36.5 Å². The second-order valence-electron chi connectivity index (χ2n) is 7.35. The summed E-state index contributed by atoms with van der Waals surface area (Å²) in [5.41, 5.74) is 1.07. The summed E-state index contributed by atoms with van der Waals surface area (Å²) in [6, 6.07) is 9.29. The van der Waals surface area contributed by atoms with E-state index in [2.05, 4.69) is 25.4 Å². The van der Waals surface area contributed by atoms with Gasteiger partial charge in [0, 0.05) is 32.0 Å². The molecule has 1 aromatic carbocycles. The maximum atomic E-state index is 12.4. The summed E-state index contributed by atoms with van der Waals surface area (Å²) < 4.78 is 2.11. The second kappa shape index (κ2) is 9.34. The Morgan fingerprint density at radius 2 is 2.07 bits per heavy atom. The van der Waals surface area contributed by atoms with Gasteiger partial charge in [0.1, 0.15) is 11.6 Å². The van der Waals surface area contributed by atoms with Gasteiger partial charge in [0.05, 0.1) is 0 Å². The van der Waals surface area contributed by atoms with Crippen molar-refractivity contribution in [3.8, 4) is 0 Å². The molecule has 2 unspecified atom stereocenters. The zero-order valence-corrected chi connectivity index (χ0v) is 16.1. The number of aromatic nitrogens is 3. The Hall–Kier alpha value is -2.90. The Morgan fingerprint density at radius 3 is 2.82 bits per heavy atom. The zero-order chi connectivity index (χ0) is 19.9. The van der Waals surface area contributed by atoms with Crippen molar-refractivity contribution in [1.29, 1.82) is 0 Å². The Bertz CT molecular complexity index is 805. The van der Waals surface area contributed by atoms with Crippen LogP contribution in [0.15, 0.2) is 30.3 Å². The van der Waals surface area contributed by atoms with Gasteiger partial charge in [-0.1, -0.05) is 30.3 Å². The third-order valence-corrected chi connectivity index (χ3v) is 5.15. The van der Waals surface area contributed by atoms with Crippen molar-refractivity contribution in [2.75, 3.05) is 6.54 Å². The second-order valence-corrected chi connectivity index (χ2v) is 7.35. The summed E-state index contributed by atoms with van der Waals surface area (Å²) >= 11 is 0. The standard InChI is InChI=1S/C20H27N5O3/c1-14-23-24-18-9-7-16(13-25(14)18)12-21-20(28)22-17(8-10-19(26)27)11-15-5-3-2-4-6-15/h2-6,16-17H,7-13H2,1H3,(H,26,27)(H2,21,22,28). The van der Waals surface area contributed by atoms with E-state index in [0.29, 0.717) is 25.3 Å². The summed E-state index contributed by atoms with van der Waals surface area (Å²) in [5, 5.41) is 23.1. The Labute approximate surface area is 164 Å². The van der Waals surface area contributed by atoms with E-state index < -0.39 is 5.97 Å². The Kier molecular flexibility index (Phi) is 6.62. The van der Waals surface area contributed by atoms with E-state index in [1.807, 2.05) is 37.3 Å². The molecule has 3 N–H and O–H groups in total. The van der Waals surface area contributed by atoms with Crippen molar-refractivity contribution in [2.45, 2.75) is 51.6 Å². The molecule has 0 aliphatic carbocycles. The SMILES string of the molecule is Cc1nnc2n1CC(CNC(=O)NC(CCC(=O)O)Cc1ccccc1)CC2. The summed E-state index contributed by atoms with van der Waals surface area (Å²) in [6.45, 7) is 3.32. The van der Waals surface area contributed by atoms with Crippen molar-refractivity contribution in [1.82, 2.24) is 25.4 Å². The number of hydrogen-bond acceptors (Lipinski definition) is 4. The van der Waals surface area contributed by atoms with Crippen molar-refractivity contribution < 1.29 is 14.7 Å². The number of aryl methyl sites for hydroxylation is 2. The average molecular weight is 385 g/mol. The molecule has 2 atom stereocenters. The highest BCUT2D eigenvalue weighted by Gasteiger charge is 2.22. The maximum Gasteiger partial charge on any atom is 0.315 e. The fraction of sp³-hybridized carbons (Fsp3) is 0.500. The summed E-state index contributed by atoms with van der Waals surface area (Å²) in [7, 11) is 0. The number of urea groups is 1. The molecule has 1 aliphatic rings. The van der Waals surface area contributed by atoms with Crippen LogP contribution in [0.3, 0.4) is 0 Å². The minimum Gasteiger partial charge on any atom is -0.481 e. The zero-order valence-electron chi connectivity index (χ0n) is 16.1. The molecule has 8 heteroatoms. The summed E-state index contributed by atoms with van der Waals surface area (Å²) in [4.78, 5) is 23.3. The van der Waals surface area contributed by atoms with E-state index in [4.69, 9.17) is 5.11 Å². The minimum atomic E-state index is -0.859. The lowest BCUT2D eigenvalue weighted by Gasteiger charge is -2.25. The van der Waals surface area contributed by atoms with Crippen molar-refractivity contribution in [3.05, 3.63) is 47.5 Å². The molecule has 8 nitrogen and oxygen atoms in total. The normalized spacial score (nSPS) is 16.8. The van der Waals surface area contributed by atoms with Crippen molar-refractivity contribution in [3.63, 3.8) is 0 Å². The lowest BCUT2D eigenvalue weighted by Crippen LogP contribution is -2.45. The van der Waals surface area contributed by atoms with Crippen LogP contribution in [0.25, 0.3) is 0 Å². The van der Waals surface area contributed by atoms with Crippen LogP contribution in [0.5, 0.6) is 0 Å². The number of hydrogen-bond donors (Lipinski definition) is 3. The van der Waals surface area contributed by atoms with Gasteiger partial charge in [-0.25, -0.2) is 4.79 Å². The average Bonchev–Trinajstić information content (AvgIpc) is 3.06.